The lowest BCUT2D eigenvalue weighted by atomic mass is 10.1. The highest BCUT2D eigenvalue weighted by atomic mass is 35.5. The number of halogens is 2. The van der Waals surface area contributed by atoms with E-state index in [9.17, 15) is 18.5 Å². The van der Waals surface area contributed by atoms with Crippen LogP contribution in [0.15, 0.2) is 77.2 Å². The molecule has 0 radical (unpaired) electrons. The van der Waals surface area contributed by atoms with E-state index in [4.69, 9.17) is 27.4 Å². The first-order valence-corrected chi connectivity index (χ1v) is 11.3. The summed E-state index contributed by atoms with van der Waals surface area (Å²) >= 11 is 12.4. The standard InChI is InChI=1S/C23H16Cl2N2O4S/c1-15-7-9-18(10-8-15)27-23(28)17(14-26)11-16-12-20(24)22(21(25)13-16)31-32(29,30)19-5-3-2-4-6-19/h2-13H,1H3,(H,27,28)/b17-11+. The van der Waals surface area contributed by atoms with Gasteiger partial charge < -0.3 is 9.50 Å². The molecule has 32 heavy (non-hydrogen) atoms. The monoisotopic (exact) mass is 486 g/mol. The molecule has 0 aliphatic heterocycles. The molecule has 0 heterocycles. The lowest BCUT2D eigenvalue weighted by Gasteiger charge is -2.11. The van der Waals surface area contributed by atoms with Crippen molar-refractivity contribution < 1.29 is 17.4 Å². The first kappa shape index (κ1) is 23.4. The fraction of sp³-hybridized carbons (Fsp3) is 0.0435. The van der Waals surface area contributed by atoms with Crippen LogP contribution in [0.4, 0.5) is 5.69 Å². The van der Waals surface area contributed by atoms with Gasteiger partial charge in [0.25, 0.3) is 5.91 Å². The average molecular weight is 487 g/mol. The minimum Gasteiger partial charge on any atom is -0.376 e. The summed E-state index contributed by atoms with van der Waals surface area (Å²) in [5, 5.41) is 11.8. The fourth-order valence-corrected chi connectivity index (χ4v) is 4.30. The quantitative estimate of drug-likeness (QED) is 0.277. The van der Waals surface area contributed by atoms with Gasteiger partial charge in [-0.1, -0.05) is 59.1 Å². The largest absolute Gasteiger partial charge is 0.376 e. The van der Waals surface area contributed by atoms with E-state index in [1.54, 1.807) is 30.3 Å². The molecule has 3 rings (SSSR count). The predicted octanol–water partition coefficient (Wildman–Crippen LogP) is 5.62. The second-order valence-electron chi connectivity index (χ2n) is 6.65. The van der Waals surface area contributed by atoms with Gasteiger partial charge in [-0.05, 0) is 55.0 Å². The zero-order valence-electron chi connectivity index (χ0n) is 16.7. The summed E-state index contributed by atoms with van der Waals surface area (Å²) in [5.74, 6) is -0.868. The molecule has 0 atom stereocenters. The Balaban J connectivity index is 1.86. The molecule has 0 aromatic heterocycles. The molecule has 1 amide bonds. The minimum absolute atomic E-state index is 0.0596. The molecule has 0 bridgehead atoms. The second-order valence-corrected chi connectivity index (χ2v) is 9.01. The van der Waals surface area contributed by atoms with Crippen LogP contribution in [0, 0.1) is 18.3 Å². The molecule has 162 valence electrons. The first-order chi connectivity index (χ1) is 15.2. The summed E-state index contributed by atoms with van der Waals surface area (Å²) in [6.07, 6.45) is 1.29. The summed E-state index contributed by atoms with van der Waals surface area (Å²) < 4.78 is 30.0. The molecule has 0 saturated heterocycles. The van der Waals surface area contributed by atoms with Gasteiger partial charge in [-0.3, -0.25) is 4.79 Å². The average Bonchev–Trinajstić information content (AvgIpc) is 2.77. The lowest BCUT2D eigenvalue weighted by molar-refractivity contribution is -0.112. The van der Waals surface area contributed by atoms with E-state index in [1.807, 2.05) is 25.1 Å². The van der Waals surface area contributed by atoms with E-state index in [0.29, 0.717) is 11.3 Å². The van der Waals surface area contributed by atoms with Crippen molar-refractivity contribution in [3.63, 3.8) is 0 Å². The summed E-state index contributed by atoms with van der Waals surface area (Å²) in [6.45, 7) is 1.91. The third-order valence-corrected chi connectivity index (χ3v) is 6.03. The van der Waals surface area contributed by atoms with Gasteiger partial charge in [-0.25, -0.2) is 0 Å². The number of hydrogen-bond donors (Lipinski definition) is 1. The lowest BCUT2D eigenvalue weighted by Crippen LogP contribution is -2.13. The van der Waals surface area contributed by atoms with E-state index in [0.717, 1.165) is 5.56 Å². The third-order valence-electron chi connectivity index (χ3n) is 4.23. The Kier molecular flexibility index (Phi) is 7.21. The van der Waals surface area contributed by atoms with Crippen LogP contribution >= 0.6 is 23.2 Å². The molecule has 0 unspecified atom stereocenters. The van der Waals surface area contributed by atoms with Gasteiger partial charge in [0, 0.05) is 5.69 Å². The van der Waals surface area contributed by atoms with Gasteiger partial charge in [0.2, 0.25) is 0 Å². The van der Waals surface area contributed by atoms with Crippen LogP contribution in [0.5, 0.6) is 5.75 Å². The van der Waals surface area contributed by atoms with Crippen molar-refractivity contribution in [1.29, 1.82) is 5.26 Å². The smallest absolute Gasteiger partial charge is 0.339 e. The number of carbonyl (C=O) groups excluding carboxylic acids is 1. The van der Waals surface area contributed by atoms with E-state index in [2.05, 4.69) is 5.32 Å². The van der Waals surface area contributed by atoms with Gasteiger partial charge in [0.1, 0.15) is 16.5 Å². The van der Waals surface area contributed by atoms with Crippen molar-refractivity contribution in [3.05, 3.63) is 93.5 Å². The summed E-state index contributed by atoms with van der Waals surface area (Å²) in [7, 11) is -4.15. The van der Waals surface area contributed by atoms with Crippen molar-refractivity contribution in [2.75, 3.05) is 5.32 Å². The maximum absolute atomic E-state index is 12.5. The molecular formula is C23H16Cl2N2O4S. The van der Waals surface area contributed by atoms with Gasteiger partial charge >= 0.3 is 10.1 Å². The Labute approximate surface area is 195 Å². The van der Waals surface area contributed by atoms with Gasteiger partial charge in [-0.2, -0.15) is 13.7 Å². The summed E-state index contributed by atoms with van der Waals surface area (Å²) in [6, 6.07) is 19.1. The second kappa shape index (κ2) is 9.88. The number of nitrogens with zero attached hydrogens (tertiary/aromatic N) is 1. The zero-order valence-corrected chi connectivity index (χ0v) is 19.0. The van der Waals surface area contributed by atoms with Crippen molar-refractivity contribution >= 4 is 51.0 Å². The maximum atomic E-state index is 12.5. The van der Waals surface area contributed by atoms with Crippen LogP contribution < -0.4 is 9.50 Å². The molecule has 0 fully saturated rings. The highest BCUT2D eigenvalue weighted by molar-refractivity contribution is 7.87. The molecule has 0 aliphatic carbocycles. The number of aryl methyl sites for hydroxylation is 1. The Hall–Kier alpha value is -3.31. The normalized spacial score (nSPS) is 11.5. The van der Waals surface area contributed by atoms with Crippen LogP contribution in [0.25, 0.3) is 6.08 Å². The third kappa shape index (κ3) is 5.68. The van der Waals surface area contributed by atoms with Gasteiger partial charge in [-0.15, -0.1) is 0 Å². The number of amides is 1. The summed E-state index contributed by atoms with van der Waals surface area (Å²) in [4.78, 5) is 12.4. The molecular weight excluding hydrogens is 471 g/mol. The Morgan fingerprint density at radius 1 is 1.03 bits per heavy atom. The topological polar surface area (TPSA) is 96.3 Å². The molecule has 0 aliphatic rings. The highest BCUT2D eigenvalue weighted by Crippen LogP contribution is 2.36. The van der Waals surface area contributed by atoms with Gasteiger partial charge in [0.15, 0.2) is 5.75 Å². The molecule has 0 spiro atoms. The van der Waals surface area contributed by atoms with Crippen LogP contribution in [0.2, 0.25) is 10.0 Å². The molecule has 3 aromatic rings. The maximum Gasteiger partial charge on any atom is 0.339 e. The number of rotatable bonds is 6. The van der Waals surface area contributed by atoms with Gasteiger partial charge in [0.05, 0.1) is 10.0 Å². The SMILES string of the molecule is Cc1ccc(NC(=O)/C(C#N)=C/c2cc(Cl)c(OS(=O)(=O)c3ccccc3)c(Cl)c2)cc1. The van der Waals surface area contributed by atoms with Crippen LogP contribution in [-0.2, 0) is 14.9 Å². The Morgan fingerprint density at radius 2 is 1.62 bits per heavy atom. The number of anilines is 1. The van der Waals surface area contributed by atoms with Crippen molar-refractivity contribution in [1.82, 2.24) is 0 Å². The Bertz CT molecular complexity index is 1310. The number of nitriles is 1. The van der Waals surface area contributed by atoms with Crippen molar-refractivity contribution in [3.8, 4) is 11.8 Å². The van der Waals surface area contributed by atoms with Crippen molar-refractivity contribution in [2.45, 2.75) is 11.8 Å². The number of hydrogen-bond acceptors (Lipinski definition) is 5. The first-order valence-electron chi connectivity index (χ1n) is 9.18. The molecule has 9 heteroatoms. The van der Waals surface area contributed by atoms with Crippen LogP contribution in [-0.4, -0.2) is 14.3 Å². The summed E-state index contributed by atoms with van der Waals surface area (Å²) in [5.41, 5.74) is 1.69. The van der Waals surface area contributed by atoms with E-state index < -0.39 is 16.0 Å². The van der Waals surface area contributed by atoms with Crippen molar-refractivity contribution in [2.24, 2.45) is 0 Å². The van der Waals surface area contributed by atoms with E-state index in [-0.39, 0.29) is 26.3 Å². The number of carbonyl (C=O) groups is 1. The molecule has 6 nitrogen and oxygen atoms in total. The van der Waals surface area contributed by atoms with Crippen LogP contribution in [0.3, 0.4) is 0 Å². The Morgan fingerprint density at radius 3 is 2.19 bits per heavy atom. The molecule has 0 saturated carbocycles. The van der Waals surface area contributed by atoms with E-state index >= 15 is 0 Å². The molecule has 1 N–H and O–H groups in total. The highest BCUT2D eigenvalue weighted by Gasteiger charge is 2.21. The number of benzene rings is 3. The fourth-order valence-electron chi connectivity index (χ4n) is 2.64. The minimum atomic E-state index is -4.15. The van der Waals surface area contributed by atoms with Crippen LogP contribution in [0.1, 0.15) is 11.1 Å². The van der Waals surface area contributed by atoms with E-state index in [1.165, 1.54) is 30.3 Å². The number of nitrogens with one attached hydrogen (secondary N) is 1. The zero-order chi connectivity index (χ0) is 23.3. The molecule has 3 aromatic carbocycles. The predicted molar refractivity (Wildman–Crippen MR) is 124 cm³/mol.